The van der Waals surface area contributed by atoms with Crippen LogP contribution in [0.4, 0.5) is 5.82 Å². The number of benzene rings is 1. The number of anilines is 1. The van der Waals surface area contributed by atoms with Crippen molar-refractivity contribution in [3.05, 3.63) is 42.1 Å². The fourth-order valence-corrected chi connectivity index (χ4v) is 2.55. The highest BCUT2D eigenvalue weighted by molar-refractivity contribution is 6.15. The van der Waals surface area contributed by atoms with E-state index in [1.807, 2.05) is 0 Å². The van der Waals surface area contributed by atoms with Crippen LogP contribution in [0, 0.1) is 0 Å². The number of aromatic nitrogens is 1. The van der Waals surface area contributed by atoms with Crippen LogP contribution in [0.25, 0.3) is 0 Å². The second-order valence-corrected chi connectivity index (χ2v) is 5.80. The Morgan fingerprint density at radius 3 is 2.85 bits per heavy atom. The third-order valence-electron chi connectivity index (χ3n) is 4.12. The minimum Gasteiger partial charge on any atom is -0.497 e. The molecular formula is C18H19N3O5. The largest absolute Gasteiger partial charge is 0.497 e. The average Bonchev–Trinajstić information content (AvgIpc) is 2.66. The summed E-state index contributed by atoms with van der Waals surface area (Å²) in [5.41, 5.74) is -0.959. The zero-order valence-electron chi connectivity index (χ0n) is 14.7. The number of nitrogens with zero attached hydrogens (tertiary/aromatic N) is 1. The number of nitrogens with one attached hydrogen (secondary N) is 2. The van der Waals surface area contributed by atoms with E-state index in [4.69, 9.17) is 14.2 Å². The number of fused-ring (bicyclic) bond motifs is 1. The molecule has 2 N–H and O–H groups in total. The summed E-state index contributed by atoms with van der Waals surface area (Å²) < 4.78 is 16.1. The molecule has 0 unspecified atom stereocenters. The molecule has 0 aliphatic carbocycles. The van der Waals surface area contributed by atoms with Crippen molar-refractivity contribution in [3.63, 3.8) is 0 Å². The average molecular weight is 357 g/mol. The molecule has 2 aromatic rings. The Bertz CT molecular complexity index is 854. The number of hydrogen-bond acceptors (Lipinski definition) is 6. The molecule has 3 rings (SSSR count). The molecule has 8 heteroatoms. The first-order chi connectivity index (χ1) is 12.5. The maximum absolute atomic E-state index is 12.7. The SMILES string of the molecule is COc1ccc(CNC(=O)[C@@]2(C)Oc3cccnc3NC2=O)c(OC)c1. The zero-order chi connectivity index (χ0) is 18.7. The van der Waals surface area contributed by atoms with Gasteiger partial charge in [-0.1, -0.05) is 0 Å². The Morgan fingerprint density at radius 2 is 2.12 bits per heavy atom. The first-order valence-corrected chi connectivity index (χ1v) is 7.92. The number of pyridine rings is 1. The lowest BCUT2D eigenvalue weighted by atomic mass is 10.0. The monoisotopic (exact) mass is 357 g/mol. The molecule has 1 aromatic heterocycles. The van der Waals surface area contributed by atoms with E-state index in [0.717, 1.165) is 5.56 Å². The number of methoxy groups -OCH3 is 2. The van der Waals surface area contributed by atoms with Crippen molar-refractivity contribution in [2.75, 3.05) is 19.5 Å². The van der Waals surface area contributed by atoms with E-state index in [9.17, 15) is 9.59 Å². The van der Waals surface area contributed by atoms with E-state index < -0.39 is 17.4 Å². The number of rotatable bonds is 5. The molecule has 0 saturated heterocycles. The van der Waals surface area contributed by atoms with E-state index >= 15 is 0 Å². The van der Waals surface area contributed by atoms with Gasteiger partial charge in [-0.15, -0.1) is 0 Å². The predicted molar refractivity (Wildman–Crippen MR) is 93.3 cm³/mol. The fourth-order valence-electron chi connectivity index (χ4n) is 2.55. The van der Waals surface area contributed by atoms with Gasteiger partial charge >= 0.3 is 0 Å². The molecule has 1 aliphatic heterocycles. The zero-order valence-corrected chi connectivity index (χ0v) is 14.7. The van der Waals surface area contributed by atoms with Crippen LogP contribution in [0.1, 0.15) is 12.5 Å². The van der Waals surface area contributed by atoms with Gasteiger partial charge in [-0.05, 0) is 31.2 Å². The third-order valence-corrected chi connectivity index (χ3v) is 4.12. The van der Waals surface area contributed by atoms with Crippen molar-refractivity contribution in [3.8, 4) is 17.2 Å². The standard InChI is InChI=1S/C18H19N3O5/c1-18(17(23)21-15-13(26-18)5-4-8-19-15)16(22)20-10-11-6-7-12(24-2)9-14(11)25-3/h4-9H,10H2,1-3H3,(H,20,22)(H,19,21,23)/t18-/m1/s1. The second kappa shape index (κ2) is 6.91. The molecule has 0 fully saturated rings. The summed E-state index contributed by atoms with van der Waals surface area (Å²) in [4.78, 5) is 29.0. The third kappa shape index (κ3) is 3.13. The van der Waals surface area contributed by atoms with Crippen molar-refractivity contribution < 1.29 is 23.8 Å². The van der Waals surface area contributed by atoms with Gasteiger partial charge in [0.15, 0.2) is 11.6 Å². The minimum absolute atomic E-state index is 0.165. The summed E-state index contributed by atoms with van der Waals surface area (Å²) in [5.74, 6) is 0.693. The second-order valence-electron chi connectivity index (χ2n) is 5.80. The van der Waals surface area contributed by atoms with Gasteiger partial charge in [-0.2, -0.15) is 0 Å². The summed E-state index contributed by atoms with van der Waals surface area (Å²) in [5, 5.41) is 5.31. The Morgan fingerprint density at radius 1 is 1.31 bits per heavy atom. The van der Waals surface area contributed by atoms with Crippen LogP contribution >= 0.6 is 0 Å². The van der Waals surface area contributed by atoms with E-state index in [1.54, 1.807) is 37.4 Å². The quantitative estimate of drug-likeness (QED) is 0.787. The smallest absolute Gasteiger partial charge is 0.279 e. The summed E-state index contributed by atoms with van der Waals surface area (Å²) in [6.07, 6.45) is 1.53. The van der Waals surface area contributed by atoms with Crippen molar-refractivity contribution in [2.24, 2.45) is 0 Å². The Hall–Kier alpha value is -3.29. The molecule has 0 bridgehead atoms. The van der Waals surface area contributed by atoms with Gasteiger partial charge in [0.1, 0.15) is 11.5 Å². The normalized spacial score (nSPS) is 18.2. The van der Waals surface area contributed by atoms with E-state index in [1.165, 1.54) is 20.2 Å². The Balaban J connectivity index is 1.75. The highest BCUT2D eigenvalue weighted by atomic mass is 16.5. The maximum atomic E-state index is 12.7. The van der Waals surface area contributed by atoms with Gasteiger partial charge in [0, 0.05) is 24.4 Å². The molecule has 8 nitrogen and oxygen atoms in total. The number of amides is 2. The molecule has 1 aromatic carbocycles. The van der Waals surface area contributed by atoms with Gasteiger partial charge < -0.3 is 24.8 Å². The van der Waals surface area contributed by atoms with Crippen LogP contribution in [0.2, 0.25) is 0 Å². The van der Waals surface area contributed by atoms with Gasteiger partial charge in [0.25, 0.3) is 17.4 Å². The first-order valence-electron chi connectivity index (χ1n) is 7.92. The molecule has 136 valence electrons. The molecular weight excluding hydrogens is 338 g/mol. The fraction of sp³-hybridized carbons (Fsp3) is 0.278. The van der Waals surface area contributed by atoms with Crippen LogP contribution < -0.4 is 24.8 Å². The molecule has 0 spiro atoms. The number of carbonyl (C=O) groups is 2. The summed E-state index contributed by atoms with van der Waals surface area (Å²) in [6.45, 7) is 1.58. The number of carbonyl (C=O) groups excluding carboxylic acids is 2. The van der Waals surface area contributed by atoms with Crippen LogP contribution in [0.15, 0.2) is 36.5 Å². The molecule has 1 aliphatic rings. The Kier molecular flexibility index (Phi) is 4.66. The summed E-state index contributed by atoms with van der Waals surface area (Å²) in [7, 11) is 3.09. The predicted octanol–water partition coefficient (Wildman–Crippen LogP) is 1.50. The molecule has 2 amide bonds. The topological polar surface area (TPSA) is 98.8 Å². The highest BCUT2D eigenvalue weighted by Gasteiger charge is 2.47. The molecule has 0 saturated carbocycles. The minimum atomic E-state index is -1.70. The Labute approximate surface area is 150 Å². The van der Waals surface area contributed by atoms with Crippen LogP contribution in [-0.2, 0) is 16.1 Å². The summed E-state index contributed by atoms with van der Waals surface area (Å²) >= 11 is 0. The van der Waals surface area contributed by atoms with Crippen molar-refractivity contribution in [1.29, 1.82) is 0 Å². The molecule has 1 atom stereocenters. The lowest BCUT2D eigenvalue weighted by molar-refractivity contribution is -0.146. The van der Waals surface area contributed by atoms with Gasteiger partial charge in [0.2, 0.25) is 0 Å². The van der Waals surface area contributed by atoms with Gasteiger partial charge in [-0.25, -0.2) is 4.98 Å². The maximum Gasteiger partial charge on any atom is 0.279 e. The van der Waals surface area contributed by atoms with E-state index in [2.05, 4.69) is 15.6 Å². The van der Waals surface area contributed by atoms with Crippen LogP contribution in [0.3, 0.4) is 0 Å². The van der Waals surface area contributed by atoms with Crippen molar-refractivity contribution >= 4 is 17.6 Å². The number of hydrogen-bond donors (Lipinski definition) is 2. The van der Waals surface area contributed by atoms with E-state index in [0.29, 0.717) is 23.1 Å². The molecule has 26 heavy (non-hydrogen) atoms. The number of ether oxygens (including phenoxy) is 3. The first kappa shape index (κ1) is 17.5. The van der Waals surface area contributed by atoms with Crippen molar-refractivity contribution in [1.82, 2.24) is 10.3 Å². The summed E-state index contributed by atoms with van der Waals surface area (Å²) in [6, 6.07) is 8.56. The van der Waals surface area contributed by atoms with Crippen molar-refractivity contribution in [2.45, 2.75) is 19.1 Å². The molecule has 2 heterocycles. The highest BCUT2D eigenvalue weighted by Crippen LogP contribution is 2.32. The van der Waals surface area contributed by atoms with E-state index in [-0.39, 0.29) is 6.54 Å². The lowest BCUT2D eigenvalue weighted by Gasteiger charge is -2.32. The molecule has 0 radical (unpaired) electrons. The van der Waals surface area contributed by atoms with Crippen LogP contribution in [-0.4, -0.2) is 36.6 Å². The van der Waals surface area contributed by atoms with Gasteiger partial charge in [-0.3, -0.25) is 9.59 Å². The van der Waals surface area contributed by atoms with Crippen LogP contribution in [0.5, 0.6) is 17.2 Å². The lowest BCUT2D eigenvalue weighted by Crippen LogP contribution is -2.58. The van der Waals surface area contributed by atoms with Gasteiger partial charge in [0.05, 0.1) is 14.2 Å².